The average Bonchev–Trinajstić information content (AvgIpc) is 2.73. The van der Waals surface area contributed by atoms with Gasteiger partial charge < -0.3 is 4.57 Å². The summed E-state index contributed by atoms with van der Waals surface area (Å²) in [6, 6.07) is 2.05. The van der Waals surface area contributed by atoms with E-state index in [0.717, 1.165) is 36.6 Å². The van der Waals surface area contributed by atoms with Gasteiger partial charge in [0.2, 0.25) is 0 Å². The van der Waals surface area contributed by atoms with Gasteiger partial charge in [0.05, 0.1) is 6.54 Å². The van der Waals surface area contributed by atoms with E-state index in [1.54, 1.807) is 0 Å². The largest absolute Gasteiger partial charge is 0.349 e. The van der Waals surface area contributed by atoms with E-state index in [0.29, 0.717) is 11.8 Å². The lowest BCUT2D eigenvalue weighted by molar-refractivity contribution is 0.0932. The number of nitrogens with zero attached hydrogens (tertiary/aromatic N) is 2. The number of carbonyl (C=O) groups excluding carboxylic acids is 1. The van der Waals surface area contributed by atoms with Crippen LogP contribution in [0, 0.1) is 13.8 Å². The highest BCUT2D eigenvalue weighted by Gasteiger charge is 2.23. The van der Waals surface area contributed by atoms with Crippen molar-refractivity contribution >= 4 is 17.5 Å². The van der Waals surface area contributed by atoms with Crippen molar-refractivity contribution in [2.24, 2.45) is 0 Å². The van der Waals surface area contributed by atoms with Crippen molar-refractivity contribution in [1.29, 1.82) is 0 Å². The first kappa shape index (κ1) is 15.6. The molecule has 2 heterocycles. The zero-order valence-electron chi connectivity index (χ0n) is 13.1. The Kier molecular flexibility index (Phi) is 5.33. The van der Waals surface area contributed by atoms with Gasteiger partial charge in [0, 0.05) is 47.6 Å². The smallest absolute Gasteiger partial charge is 0.178 e. The first-order valence-electron chi connectivity index (χ1n) is 7.60. The molecule has 1 unspecified atom stereocenters. The van der Waals surface area contributed by atoms with Crippen molar-refractivity contribution in [1.82, 2.24) is 9.47 Å². The maximum Gasteiger partial charge on any atom is 0.178 e. The van der Waals surface area contributed by atoms with Crippen LogP contribution in [0.25, 0.3) is 0 Å². The third kappa shape index (κ3) is 3.29. The predicted octanol–water partition coefficient (Wildman–Crippen LogP) is 3.13. The minimum absolute atomic E-state index is 0.277. The standard InChI is InChI=1S/C16H26N2OS/c1-5-14-10-17(7-8-20-14)11-16(19)15-9-12(3)18(6-2)13(15)4/h9,14H,5-8,10-11H2,1-4H3. The van der Waals surface area contributed by atoms with Gasteiger partial charge >= 0.3 is 0 Å². The number of hydrogen-bond acceptors (Lipinski definition) is 3. The lowest BCUT2D eigenvalue weighted by atomic mass is 10.1. The van der Waals surface area contributed by atoms with Crippen LogP contribution >= 0.6 is 11.8 Å². The SMILES string of the molecule is CCC1CN(CC(=O)c2cc(C)n(CC)c2C)CCS1. The molecule has 1 aliphatic heterocycles. The van der Waals surface area contributed by atoms with E-state index in [1.165, 1.54) is 12.1 Å². The quantitative estimate of drug-likeness (QED) is 0.780. The Morgan fingerprint density at radius 2 is 2.15 bits per heavy atom. The summed E-state index contributed by atoms with van der Waals surface area (Å²) >= 11 is 2.05. The van der Waals surface area contributed by atoms with Crippen LogP contribution in [-0.4, -0.2) is 45.9 Å². The minimum atomic E-state index is 0.277. The number of Topliss-reactive ketones (excluding diaryl/α,β-unsaturated/α-hetero) is 1. The molecule has 0 bridgehead atoms. The van der Waals surface area contributed by atoms with E-state index in [1.807, 2.05) is 11.8 Å². The lowest BCUT2D eigenvalue weighted by Crippen LogP contribution is -2.40. The Balaban J connectivity index is 2.05. The van der Waals surface area contributed by atoms with Crippen LogP contribution in [0.2, 0.25) is 0 Å². The van der Waals surface area contributed by atoms with Gasteiger partial charge in [0.15, 0.2) is 5.78 Å². The Bertz CT molecular complexity index is 481. The molecule has 1 aromatic heterocycles. The van der Waals surface area contributed by atoms with Crippen molar-refractivity contribution in [2.75, 3.05) is 25.4 Å². The second kappa shape index (κ2) is 6.81. The fourth-order valence-corrected chi connectivity index (χ4v) is 4.28. The molecular weight excluding hydrogens is 268 g/mol. The number of aryl methyl sites for hydroxylation is 1. The Hall–Kier alpha value is -0.740. The summed E-state index contributed by atoms with van der Waals surface area (Å²) in [5, 5.41) is 0.694. The highest BCUT2D eigenvalue weighted by Crippen LogP contribution is 2.22. The average molecular weight is 294 g/mol. The monoisotopic (exact) mass is 294 g/mol. The first-order chi connectivity index (χ1) is 9.56. The summed E-state index contributed by atoms with van der Waals surface area (Å²) in [5.74, 6) is 1.43. The van der Waals surface area contributed by atoms with Crippen LogP contribution in [-0.2, 0) is 6.54 Å². The number of ketones is 1. The molecule has 0 aromatic carbocycles. The number of carbonyl (C=O) groups is 1. The minimum Gasteiger partial charge on any atom is -0.349 e. The number of rotatable bonds is 5. The van der Waals surface area contributed by atoms with Gasteiger partial charge in [-0.05, 0) is 33.3 Å². The Labute approximate surface area is 126 Å². The summed E-state index contributed by atoms with van der Waals surface area (Å²) in [7, 11) is 0. The van der Waals surface area contributed by atoms with E-state index >= 15 is 0 Å². The fraction of sp³-hybridized carbons (Fsp3) is 0.688. The molecular formula is C16H26N2OS. The van der Waals surface area contributed by atoms with E-state index in [9.17, 15) is 4.79 Å². The van der Waals surface area contributed by atoms with Gasteiger partial charge in [0.1, 0.15) is 0 Å². The molecule has 1 fully saturated rings. The maximum absolute atomic E-state index is 12.5. The van der Waals surface area contributed by atoms with Crippen LogP contribution in [0.5, 0.6) is 0 Å². The van der Waals surface area contributed by atoms with Crippen LogP contribution in [0.1, 0.15) is 42.0 Å². The van der Waals surface area contributed by atoms with Crippen molar-refractivity contribution < 1.29 is 4.79 Å². The number of aromatic nitrogens is 1. The fourth-order valence-electron chi connectivity index (χ4n) is 3.03. The molecule has 1 aliphatic rings. The first-order valence-corrected chi connectivity index (χ1v) is 8.65. The molecule has 0 spiro atoms. The number of hydrogen-bond donors (Lipinski definition) is 0. The zero-order valence-corrected chi connectivity index (χ0v) is 13.9. The summed E-state index contributed by atoms with van der Waals surface area (Å²) in [6.07, 6.45) is 1.19. The number of thioether (sulfide) groups is 1. The molecule has 2 rings (SSSR count). The topological polar surface area (TPSA) is 25.2 Å². The molecule has 0 saturated carbocycles. The molecule has 112 valence electrons. The predicted molar refractivity (Wildman–Crippen MR) is 86.9 cm³/mol. The molecule has 0 amide bonds. The summed E-state index contributed by atoms with van der Waals surface area (Å²) < 4.78 is 2.22. The van der Waals surface area contributed by atoms with Gasteiger partial charge in [-0.15, -0.1) is 0 Å². The normalized spacial score (nSPS) is 20.3. The third-order valence-corrected chi connectivity index (χ3v) is 5.61. The Morgan fingerprint density at radius 1 is 1.40 bits per heavy atom. The van der Waals surface area contributed by atoms with E-state index < -0.39 is 0 Å². The molecule has 0 radical (unpaired) electrons. The van der Waals surface area contributed by atoms with Gasteiger partial charge in [-0.2, -0.15) is 11.8 Å². The highest BCUT2D eigenvalue weighted by atomic mass is 32.2. The molecule has 20 heavy (non-hydrogen) atoms. The van der Waals surface area contributed by atoms with E-state index in [-0.39, 0.29) is 5.78 Å². The van der Waals surface area contributed by atoms with Gasteiger partial charge in [0.25, 0.3) is 0 Å². The van der Waals surface area contributed by atoms with Crippen molar-refractivity contribution in [3.05, 3.63) is 23.0 Å². The van der Waals surface area contributed by atoms with Gasteiger partial charge in [-0.1, -0.05) is 6.92 Å². The molecule has 0 aliphatic carbocycles. The molecule has 4 heteroatoms. The molecule has 1 saturated heterocycles. The van der Waals surface area contributed by atoms with Crippen LogP contribution in [0.4, 0.5) is 0 Å². The maximum atomic E-state index is 12.5. The van der Waals surface area contributed by atoms with E-state index in [4.69, 9.17) is 0 Å². The summed E-state index contributed by atoms with van der Waals surface area (Å²) in [5.41, 5.74) is 3.22. The van der Waals surface area contributed by atoms with Crippen molar-refractivity contribution in [3.63, 3.8) is 0 Å². The van der Waals surface area contributed by atoms with Gasteiger partial charge in [-0.25, -0.2) is 0 Å². The van der Waals surface area contributed by atoms with Crippen LogP contribution in [0.15, 0.2) is 6.07 Å². The lowest BCUT2D eigenvalue weighted by Gasteiger charge is -2.31. The van der Waals surface area contributed by atoms with Crippen molar-refractivity contribution in [3.8, 4) is 0 Å². The van der Waals surface area contributed by atoms with Crippen molar-refractivity contribution in [2.45, 2.75) is 45.9 Å². The molecule has 1 atom stereocenters. The summed E-state index contributed by atoms with van der Waals surface area (Å²) in [4.78, 5) is 14.9. The van der Waals surface area contributed by atoms with Crippen LogP contribution < -0.4 is 0 Å². The zero-order chi connectivity index (χ0) is 14.7. The molecule has 1 aromatic rings. The second-order valence-electron chi connectivity index (χ2n) is 5.59. The second-order valence-corrected chi connectivity index (χ2v) is 7.00. The van der Waals surface area contributed by atoms with Gasteiger partial charge in [-0.3, -0.25) is 9.69 Å². The molecule has 3 nitrogen and oxygen atoms in total. The van der Waals surface area contributed by atoms with Crippen LogP contribution in [0.3, 0.4) is 0 Å². The summed E-state index contributed by atoms with van der Waals surface area (Å²) in [6.45, 7) is 12.1. The molecule has 0 N–H and O–H groups in total. The Morgan fingerprint density at radius 3 is 2.75 bits per heavy atom. The highest BCUT2D eigenvalue weighted by molar-refractivity contribution is 8.00. The van der Waals surface area contributed by atoms with E-state index in [2.05, 4.69) is 43.2 Å². The third-order valence-electron chi connectivity index (χ3n) is 4.24.